The van der Waals surface area contributed by atoms with E-state index in [1.807, 2.05) is 6.07 Å². The van der Waals surface area contributed by atoms with Crippen LogP contribution in [0, 0.1) is 0 Å². The van der Waals surface area contributed by atoms with Crippen molar-refractivity contribution in [2.45, 2.75) is 17.5 Å². The number of hydrogen-bond donors (Lipinski definition) is 4. The first kappa shape index (κ1) is 29.9. The first-order valence-corrected chi connectivity index (χ1v) is 13.6. The van der Waals surface area contributed by atoms with Gasteiger partial charge in [0, 0.05) is 24.4 Å². The number of nitrogens with two attached hydrogens (primary N) is 1. The first-order chi connectivity index (χ1) is 20.1. The molecule has 1 saturated heterocycles. The molecule has 6 amide bonds. The molecule has 0 aromatic heterocycles. The van der Waals surface area contributed by atoms with Crippen LogP contribution in [0.1, 0.15) is 17.2 Å². The molecule has 3 atom stereocenters. The van der Waals surface area contributed by atoms with Gasteiger partial charge >= 0.3 is 18.1 Å². The summed E-state index contributed by atoms with van der Waals surface area (Å²) in [6.45, 7) is -0.396. The predicted octanol–water partition coefficient (Wildman–Crippen LogP) is 1.44. The Hall–Kier alpha value is -5.11. The van der Waals surface area contributed by atoms with Gasteiger partial charge in [-0.3, -0.25) is 24.2 Å². The second-order valence-corrected chi connectivity index (χ2v) is 10.3. The Balaban J connectivity index is 1.47. The number of aliphatic carboxylic acids is 1. The number of benzene rings is 2. The fourth-order valence-electron chi connectivity index (χ4n) is 4.30. The SMILES string of the molecule is CN(C(=O)/C=C/c1ccccc1)C(=O)NC(C(=O)NC1C(=O)N2C(C(=O)O)=C(COC(N)=O)CS[C@H]12)c1ccccc1. The highest BCUT2D eigenvalue weighted by molar-refractivity contribution is 8.00. The number of nitrogens with zero attached hydrogens (tertiary/aromatic N) is 2. The maximum atomic E-state index is 13.4. The van der Waals surface area contributed by atoms with Gasteiger partial charge in [-0.25, -0.2) is 14.4 Å². The van der Waals surface area contributed by atoms with E-state index in [9.17, 15) is 33.9 Å². The Bertz CT molecular complexity index is 1460. The highest BCUT2D eigenvalue weighted by Crippen LogP contribution is 2.40. The van der Waals surface area contributed by atoms with Crippen molar-refractivity contribution in [1.82, 2.24) is 20.4 Å². The van der Waals surface area contributed by atoms with Gasteiger partial charge in [0.05, 0.1) is 0 Å². The molecule has 5 N–H and O–H groups in total. The van der Waals surface area contributed by atoms with Gasteiger partial charge in [0.25, 0.3) is 11.8 Å². The minimum atomic E-state index is -1.40. The summed E-state index contributed by atoms with van der Waals surface area (Å²) in [4.78, 5) is 76.8. The summed E-state index contributed by atoms with van der Waals surface area (Å²) in [5, 5.41) is 14.1. The number of hydrogen-bond acceptors (Lipinski definition) is 8. The number of rotatable bonds is 9. The molecule has 0 spiro atoms. The summed E-state index contributed by atoms with van der Waals surface area (Å²) in [6, 6.07) is 14.0. The molecule has 42 heavy (non-hydrogen) atoms. The smallest absolute Gasteiger partial charge is 0.404 e. The van der Waals surface area contributed by atoms with E-state index in [4.69, 9.17) is 10.5 Å². The Labute approximate surface area is 244 Å². The molecule has 1 fully saturated rings. The molecule has 218 valence electrons. The summed E-state index contributed by atoms with van der Waals surface area (Å²) in [6.07, 6.45) is 1.69. The maximum absolute atomic E-state index is 13.4. The number of nitrogens with one attached hydrogen (secondary N) is 2. The lowest BCUT2D eigenvalue weighted by Gasteiger charge is -2.49. The number of amides is 6. The molecular formula is C28H27N5O8S. The normalized spacial score (nSPS) is 18.4. The molecule has 2 unspecified atom stereocenters. The number of imide groups is 1. The Morgan fingerprint density at radius 2 is 1.76 bits per heavy atom. The number of urea groups is 1. The highest BCUT2D eigenvalue weighted by atomic mass is 32.2. The highest BCUT2D eigenvalue weighted by Gasteiger charge is 2.54. The Kier molecular flexibility index (Phi) is 9.27. The van der Waals surface area contributed by atoms with E-state index in [-0.39, 0.29) is 17.0 Å². The number of carboxylic acid groups (broad SMARTS) is 1. The molecule has 4 rings (SSSR count). The van der Waals surface area contributed by atoms with Crippen LogP contribution in [0.25, 0.3) is 6.08 Å². The second kappa shape index (κ2) is 13.0. The zero-order valence-electron chi connectivity index (χ0n) is 22.3. The number of carbonyl (C=O) groups excluding carboxylic acids is 5. The number of carbonyl (C=O) groups is 6. The van der Waals surface area contributed by atoms with Crippen LogP contribution in [0.5, 0.6) is 0 Å². The van der Waals surface area contributed by atoms with Gasteiger partial charge in [0.15, 0.2) is 0 Å². The summed E-state index contributed by atoms with van der Waals surface area (Å²) in [5.41, 5.74) is 5.97. The second-order valence-electron chi connectivity index (χ2n) is 9.20. The third kappa shape index (κ3) is 6.61. The average molecular weight is 594 g/mol. The van der Waals surface area contributed by atoms with Crippen molar-refractivity contribution in [3.05, 3.63) is 89.1 Å². The van der Waals surface area contributed by atoms with Crippen LogP contribution in [0.4, 0.5) is 9.59 Å². The number of primary amides is 1. The summed E-state index contributed by atoms with van der Waals surface area (Å²) in [5.74, 6) is -3.34. The van der Waals surface area contributed by atoms with Crippen LogP contribution in [0.3, 0.4) is 0 Å². The van der Waals surface area contributed by atoms with Crippen molar-refractivity contribution < 1.29 is 38.6 Å². The van der Waals surface area contributed by atoms with Crippen molar-refractivity contribution in [1.29, 1.82) is 0 Å². The van der Waals surface area contributed by atoms with Crippen LogP contribution in [0.15, 0.2) is 78.0 Å². The predicted molar refractivity (Wildman–Crippen MR) is 151 cm³/mol. The van der Waals surface area contributed by atoms with Gasteiger partial charge in [0.1, 0.15) is 29.8 Å². The summed E-state index contributed by atoms with van der Waals surface area (Å²) >= 11 is 1.17. The van der Waals surface area contributed by atoms with Crippen molar-refractivity contribution in [2.75, 3.05) is 19.4 Å². The summed E-state index contributed by atoms with van der Waals surface area (Å²) in [7, 11) is 1.26. The number of carboxylic acids is 1. The average Bonchev–Trinajstić information content (AvgIpc) is 2.99. The number of thioether (sulfide) groups is 1. The Morgan fingerprint density at radius 1 is 1.12 bits per heavy atom. The van der Waals surface area contributed by atoms with E-state index in [1.54, 1.807) is 60.7 Å². The molecule has 0 radical (unpaired) electrons. The lowest BCUT2D eigenvalue weighted by molar-refractivity contribution is -0.151. The molecule has 2 aromatic rings. The van der Waals surface area contributed by atoms with Gasteiger partial charge < -0.3 is 26.2 Å². The van der Waals surface area contributed by atoms with E-state index in [0.29, 0.717) is 5.56 Å². The fraction of sp³-hybridized carbons (Fsp3) is 0.214. The molecule has 0 bridgehead atoms. The summed E-state index contributed by atoms with van der Waals surface area (Å²) < 4.78 is 4.71. The van der Waals surface area contributed by atoms with Gasteiger partial charge in [-0.1, -0.05) is 60.7 Å². The van der Waals surface area contributed by atoms with Crippen LogP contribution >= 0.6 is 11.8 Å². The quantitative estimate of drug-likeness (QED) is 0.246. The van der Waals surface area contributed by atoms with E-state index >= 15 is 0 Å². The molecular weight excluding hydrogens is 566 g/mol. The van der Waals surface area contributed by atoms with Gasteiger partial charge in [-0.2, -0.15) is 0 Å². The topological polar surface area (TPSA) is 188 Å². The van der Waals surface area contributed by atoms with Crippen molar-refractivity contribution in [3.8, 4) is 0 Å². The molecule has 13 nitrogen and oxygen atoms in total. The van der Waals surface area contributed by atoms with Crippen LogP contribution in [0.2, 0.25) is 0 Å². The standard InChI is InChI=1S/C28H27N5O8S/c1-32(19(34)13-12-16-8-4-2-5-9-16)28(40)31-20(17-10-6-3-7-11-17)23(35)30-21-24(36)33-22(26(37)38)18(14-41-27(29)39)15-42-25(21)33/h2-13,20-21,25H,14-15H2,1H3,(H2,29,39)(H,30,35)(H,31,40)(H,37,38)/b13-12+/t20?,21?,25-/m1/s1. The van der Waals surface area contributed by atoms with Gasteiger partial charge in [-0.15, -0.1) is 11.8 Å². The maximum Gasteiger partial charge on any atom is 0.404 e. The fourth-order valence-corrected chi connectivity index (χ4v) is 5.63. The molecule has 2 aliphatic heterocycles. The molecule has 0 saturated carbocycles. The van der Waals surface area contributed by atoms with Crippen LogP contribution < -0.4 is 16.4 Å². The Morgan fingerprint density at radius 3 is 2.38 bits per heavy atom. The first-order valence-electron chi connectivity index (χ1n) is 12.6. The van der Waals surface area contributed by atoms with E-state index in [2.05, 4.69) is 10.6 Å². The molecule has 2 heterocycles. The zero-order valence-corrected chi connectivity index (χ0v) is 23.1. The van der Waals surface area contributed by atoms with Crippen LogP contribution in [-0.4, -0.2) is 81.5 Å². The molecule has 2 aromatic carbocycles. The zero-order chi connectivity index (χ0) is 30.4. The van der Waals surface area contributed by atoms with Gasteiger partial charge in [-0.05, 0) is 17.2 Å². The number of β-lactam (4-membered cyclic amide) rings is 1. The van der Waals surface area contributed by atoms with E-state index < -0.39 is 59.9 Å². The van der Waals surface area contributed by atoms with E-state index in [0.717, 1.165) is 15.4 Å². The minimum absolute atomic E-state index is 0.109. The lowest BCUT2D eigenvalue weighted by atomic mass is 10.0. The number of likely N-dealkylation sites (N-methyl/N-ethyl adjacent to an activating group) is 1. The monoisotopic (exact) mass is 593 g/mol. The van der Waals surface area contributed by atoms with Crippen molar-refractivity contribution in [3.63, 3.8) is 0 Å². The molecule has 14 heteroatoms. The van der Waals surface area contributed by atoms with E-state index in [1.165, 1.54) is 24.9 Å². The van der Waals surface area contributed by atoms with Crippen molar-refractivity contribution in [2.24, 2.45) is 5.73 Å². The third-order valence-corrected chi connectivity index (χ3v) is 7.79. The third-order valence-electron chi connectivity index (χ3n) is 6.45. The van der Waals surface area contributed by atoms with Crippen LogP contribution in [-0.2, 0) is 23.9 Å². The van der Waals surface area contributed by atoms with Crippen molar-refractivity contribution >= 4 is 53.7 Å². The van der Waals surface area contributed by atoms with Gasteiger partial charge in [0.2, 0.25) is 5.91 Å². The molecule has 2 aliphatic rings. The lowest BCUT2D eigenvalue weighted by Crippen LogP contribution is -2.71. The number of fused-ring (bicyclic) bond motifs is 1. The molecule has 0 aliphatic carbocycles. The largest absolute Gasteiger partial charge is 0.477 e. The minimum Gasteiger partial charge on any atom is -0.477 e. The number of ether oxygens (including phenoxy) is 1.